The van der Waals surface area contributed by atoms with Crippen LogP contribution in [0, 0.1) is 0 Å². The van der Waals surface area contributed by atoms with Gasteiger partial charge in [-0.05, 0) is 12.5 Å². The normalized spacial score (nSPS) is 17.5. The summed E-state index contributed by atoms with van der Waals surface area (Å²) in [5.41, 5.74) is 1.83. The molecule has 2 heterocycles. The number of aliphatic hydroxyl groups is 2. The number of fused-ring (bicyclic) bond motifs is 1. The molecule has 20 heavy (non-hydrogen) atoms. The van der Waals surface area contributed by atoms with Crippen LogP contribution < -0.4 is 0 Å². The van der Waals surface area contributed by atoms with Gasteiger partial charge >= 0.3 is 5.97 Å². The maximum Gasteiger partial charge on any atom is 0.303 e. The van der Waals surface area contributed by atoms with Crippen molar-refractivity contribution in [1.82, 2.24) is 14.7 Å². The molecule has 0 saturated carbocycles. The van der Waals surface area contributed by atoms with Crippen molar-refractivity contribution in [3.63, 3.8) is 0 Å². The predicted octanol–water partition coefficient (Wildman–Crippen LogP) is -0.541. The lowest BCUT2D eigenvalue weighted by Crippen LogP contribution is -2.34. The van der Waals surface area contributed by atoms with Gasteiger partial charge in [0.25, 0.3) is 0 Å². The molecule has 0 fully saturated rings. The lowest BCUT2D eigenvalue weighted by molar-refractivity contribution is -0.136. The largest absolute Gasteiger partial charge is 0.481 e. The highest BCUT2D eigenvalue weighted by Gasteiger charge is 2.18. The Hall–Kier alpha value is -1.44. The Kier molecular flexibility index (Phi) is 5.11. The first-order valence-electron chi connectivity index (χ1n) is 6.87. The smallest absolute Gasteiger partial charge is 0.303 e. The van der Waals surface area contributed by atoms with Crippen LogP contribution in [0.5, 0.6) is 0 Å². The lowest BCUT2D eigenvalue weighted by atomic mass is 10.2. The van der Waals surface area contributed by atoms with Crippen LogP contribution in [0.15, 0.2) is 6.07 Å². The number of hydrogen-bond donors (Lipinski definition) is 3. The Bertz CT molecular complexity index is 460. The Labute approximate surface area is 117 Å². The second kappa shape index (κ2) is 6.83. The van der Waals surface area contributed by atoms with Crippen molar-refractivity contribution in [2.45, 2.75) is 38.5 Å². The second-order valence-electron chi connectivity index (χ2n) is 5.17. The Morgan fingerprint density at radius 3 is 2.95 bits per heavy atom. The molecule has 112 valence electrons. The molecule has 0 radical (unpaired) electrons. The molecular formula is C13H21N3O4. The zero-order valence-corrected chi connectivity index (χ0v) is 11.4. The number of nitrogens with zero attached hydrogens (tertiary/aromatic N) is 3. The van der Waals surface area contributed by atoms with Gasteiger partial charge in [-0.3, -0.25) is 14.4 Å². The number of carbonyl (C=O) groups is 1. The third-order valence-electron chi connectivity index (χ3n) is 3.42. The van der Waals surface area contributed by atoms with Gasteiger partial charge in [-0.25, -0.2) is 0 Å². The van der Waals surface area contributed by atoms with E-state index < -0.39 is 12.1 Å². The van der Waals surface area contributed by atoms with E-state index in [1.165, 1.54) is 0 Å². The highest BCUT2D eigenvalue weighted by molar-refractivity contribution is 5.66. The molecule has 1 aromatic heterocycles. The molecule has 0 amide bonds. The molecule has 0 spiro atoms. The fourth-order valence-electron chi connectivity index (χ4n) is 2.46. The van der Waals surface area contributed by atoms with Gasteiger partial charge in [0, 0.05) is 32.6 Å². The summed E-state index contributed by atoms with van der Waals surface area (Å²) in [4.78, 5) is 12.7. The van der Waals surface area contributed by atoms with Gasteiger partial charge in [0.2, 0.25) is 0 Å². The number of hydrogen-bond acceptors (Lipinski definition) is 5. The number of aliphatic carboxylic acids is 1. The number of carboxylic acids is 1. The molecule has 1 atom stereocenters. The highest BCUT2D eigenvalue weighted by atomic mass is 16.4. The number of β-amino-alcohol motifs (C(OH)–C–C–N with tert-alkyl or cyclic N) is 1. The van der Waals surface area contributed by atoms with E-state index in [1.54, 1.807) is 0 Å². The molecule has 2 rings (SSSR count). The lowest BCUT2D eigenvalue weighted by Gasteiger charge is -2.21. The van der Waals surface area contributed by atoms with Crippen LogP contribution in [0.4, 0.5) is 0 Å². The van der Waals surface area contributed by atoms with Gasteiger partial charge in [0.05, 0.1) is 30.5 Å². The summed E-state index contributed by atoms with van der Waals surface area (Å²) in [5, 5.41) is 31.6. The zero-order valence-electron chi connectivity index (χ0n) is 11.4. The summed E-state index contributed by atoms with van der Waals surface area (Å²) in [7, 11) is 0. The SMILES string of the molecule is O=C(O)CCc1cc2n(n1)CCCN(C[C@H](O)CO)C2. The van der Waals surface area contributed by atoms with Gasteiger partial charge < -0.3 is 15.3 Å². The second-order valence-corrected chi connectivity index (χ2v) is 5.17. The van der Waals surface area contributed by atoms with E-state index in [1.807, 2.05) is 10.7 Å². The topological polar surface area (TPSA) is 98.8 Å². The fourth-order valence-corrected chi connectivity index (χ4v) is 2.46. The Morgan fingerprint density at radius 1 is 1.45 bits per heavy atom. The highest BCUT2D eigenvalue weighted by Crippen LogP contribution is 2.15. The summed E-state index contributed by atoms with van der Waals surface area (Å²) in [6.45, 7) is 2.52. The van der Waals surface area contributed by atoms with Gasteiger partial charge in [-0.1, -0.05) is 0 Å². The fraction of sp³-hybridized carbons (Fsp3) is 0.692. The summed E-state index contributed by atoms with van der Waals surface area (Å²) in [6, 6.07) is 1.94. The summed E-state index contributed by atoms with van der Waals surface area (Å²) in [5.74, 6) is -0.819. The molecule has 1 aromatic rings. The van der Waals surface area contributed by atoms with Crippen LogP contribution in [0.1, 0.15) is 24.2 Å². The Balaban J connectivity index is 2.00. The van der Waals surface area contributed by atoms with Crippen molar-refractivity contribution >= 4 is 5.97 Å². The summed E-state index contributed by atoms with van der Waals surface area (Å²) < 4.78 is 1.92. The maximum absolute atomic E-state index is 10.6. The van der Waals surface area contributed by atoms with Crippen molar-refractivity contribution in [2.75, 3.05) is 19.7 Å². The number of carboxylic acid groups (broad SMARTS) is 1. The predicted molar refractivity (Wildman–Crippen MR) is 71.2 cm³/mol. The third kappa shape index (κ3) is 4.03. The van der Waals surface area contributed by atoms with E-state index in [0.29, 0.717) is 19.5 Å². The third-order valence-corrected chi connectivity index (χ3v) is 3.42. The van der Waals surface area contributed by atoms with Gasteiger partial charge in [0.15, 0.2) is 0 Å². The number of aromatic nitrogens is 2. The van der Waals surface area contributed by atoms with Crippen molar-refractivity contribution in [1.29, 1.82) is 0 Å². The number of aliphatic hydroxyl groups excluding tert-OH is 2. The summed E-state index contributed by atoms with van der Waals surface area (Å²) in [6.07, 6.45) is 0.722. The molecule has 0 bridgehead atoms. The maximum atomic E-state index is 10.6. The molecule has 0 aliphatic carbocycles. The van der Waals surface area contributed by atoms with E-state index in [-0.39, 0.29) is 13.0 Å². The molecule has 7 heteroatoms. The molecule has 7 nitrogen and oxygen atoms in total. The van der Waals surface area contributed by atoms with Crippen LogP contribution in [-0.2, 0) is 24.3 Å². The van der Waals surface area contributed by atoms with Crippen molar-refractivity contribution in [3.05, 3.63) is 17.5 Å². The average molecular weight is 283 g/mol. The van der Waals surface area contributed by atoms with Crippen molar-refractivity contribution in [2.24, 2.45) is 0 Å². The number of aryl methyl sites for hydroxylation is 2. The van der Waals surface area contributed by atoms with E-state index in [2.05, 4.69) is 10.00 Å². The van der Waals surface area contributed by atoms with E-state index in [4.69, 9.17) is 10.2 Å². The first kappa shape index (κ1) is 15.0. The van der Waals surface area contributed by atoms with Crippen LogP contribution in [0.25, 0.3) is 0 Å². The average Bonchev–Trinajstić information content (AvgIpc) is 2.69. The molecule has 1 aliphatic heterocycles. The molecular weight excluding hydrogens is 262 g/mol. The van der Waals surface area contributed by atoms with Gasteiger partial charge in [-0.2, -0.15) is 5.10 Å². The Morgan fingerprint density at radius 2 is 2.25 bits per heavy atom. The zero-order chi connectivity index (χ0) is 14.5. The monoisotopic (exact) mass is 283 g/mol. The van der Waals surface area contributed by atoms with Crippen molar-refractivity contribution < 1.29 is 20.1 Å². The van der Waals surface area contributed by atoms with Crippen LogP contribution >= 0.6 is 0 Å². The standard InChI is InChI=1S/C13H21N3O4/c17-9-12(18)8-15-4-1-5-16-11(7-15)6-10(14-16)2-3-13(19)20/h6,12,17-18H,1-5,7-9H2,(H,19,20)/t12-/m0/s1. The minimum Gasteiger partial charge on any atom is -0.481 e. The first-order valence-corrected chi connectivity index (χ1v) is 6.87. The van der Waals surface area contributed by atoms with Gasteiger partial charge in [0.1, 0.15) is 0 Å². The van der Waals surface area contributed by atoms with E-state index >= 15 is 0 Å². The molecule has 0 saturated heterocycles. The molecule has 0 aromatic carbocycles. The van der Waals surface area contributed by atoms with E-state index in [9.17, 15) is 9.90 Å². The minimum atomic E-state index is -0.819. The first-order chi connectivity index (χ1) is 9.58. The van der Waals surface area contributed by atoms with Crippen LogP contribution in [-0.4, -0.2) is 61.8 Å². The summed E-state index contributed by atoms with van der Waals surface area (Å²) >= 11 is 0. The minimum absolute atomic E-state index is 0.0867. The van der Waals surface area contributed by atoms with Crippen LogP contribution in [0.2, 0.25) is 0 Å². The quantitative estimate of drug-likeness (QED) is 0.648. The molecule has 1 aliphatic rings. The van der Waals surface area contributed by atoms with E-state index in [0.717, 1.165) is 30.9 Å². The van der Waals surface area contributed by atoms with Gasteiger partial charge in [-0.15, -0.1) is 0 Å². The van der Waals surface area contributed by atoms with Crippen LogP contribution in [0.3, 0.4) is 0 Å². The molecule has 0 unspecified atom stereocenters. The molecule has 3 N–H and O–H groups in total. The van der Waals surface area contributed by atoms with Crippen molar-refractivity contribution in [3.8, 4) is 0 Å². The number of rotatable bonds is 6.